The fraction of sp³-hybridized carbons (Fsp3) is 0.364. The van der Waals surface area contributed by atoms with Gasteiger partial charge >= 0.3 is 6.18 Å². The summed E-state index contributed by atoms with van der Waals surface area (Å²) in [6.07, 6.45) is -1.51. The first-order valence-electron chi connectivity index (χ1n) is 5.31. The molecule has 8 heteroatoms. The van der Waals surface area contributed by atoms with Gasteiger partial charge in [0.2, 0.25) is 5.82 Å². The Labute approximate surface area is 111 Å². The normalized spacial score (nSPS) is 20.1. The molecule has 0 aromatic carbocycles. The molecule has 102 valence electrons. The molecule has 0 saturated carbocycles. The maximum atomic E-state index is 12.8. The van der Waals surface area contributed by atoms with Crippen molar-refractivity contribution in [3.63, 3.8) is 0 Å². The Balaban J connectivity index is 2.34. The van der Waals surface area contributed by atoms with Gasteiger partial charge in [-0.2, -0.15) is 13.2 Å². The average molecular weight is 289 g/mol. The molecule has 1 aromatic rings. The van der Waals surface area contributed by atoms with E-state index in [4.69, 9.17) is 0 Å². The fourth-order valence-corrected chi connectivity index (χ4v) is 2.73. The number of thiazole rings is 1. The van der Waals surface area contributed by atoms with E-state index in [1.807, 2.05) is 0 Å². The molecule has 0 radical (unpaired) electrons. The smallest absolute Gasteiger partial charge is 0.365 e. The van der Waals surface area contributed by atoms with Crippen molar-refractivity contribution in [1.82, 2.24) is 9.88 Å². The van der Waals surface area contributed by atoms with Gasteiger partial charge in [0.05, 0.1) is 0 Å². The number of rotatable bonds is 2. The van der Waals surface area contributed by atoms with Crippen LogP contribution in [0, 0.1) is 4.91 Å². The molecule has 19 heavy (non-hydrogen) atoms. The van der Waals surface area contributed by atoms with Crippen molar-refractivity contribution in [3.8, 4) is 0 Å². The van der Waals surface area contributed by atoms with E-state index in [9.17, 15) is 18.1 Å². The molecule has 0 saturated heterocycles. The maximum Gasteiger partial charge on any atom is 0.412 e. The number of hydrogen-bond acceptors (Lipinski definition) is 5. The zero-order valence-corrected chi connectivity index (χ0v) is 10.9. The third kappa shape index (κ3) is 2.67. The van der Waals surface area contributed by atoms with Gasteiger partial charge in [-0.25, -0.2) is 4.98 Å². The van der Waals surface area contributed by atoms with Crippen LogP contribution in [-0.2, 0) is 0 Å². The molecular weight excluding hydrogens is 279 g/mol. The van der Waals surface area contributed by atoms with Gasteiger partial charge in [-0.3, -0.25) is 0 Å². The summed E-state index contributed by atoms with van der Waals surface area (Å²) in [7, 11) is 1.36. The second-order valence-electron chi connectivity index (χ2n) is 4.18. The Hall–Kier alpha value is -1.70. The SMILES string of the molecule is CC1=CC(c2nc(N=O)cs2)=CN(C)C1C(F)(F)F. The van der Waals surface area contributed by atoms with Crippen LogP contribution in [-0.4, -0.2) is 29.1 Å². The second-order valence-corrected chi connectivity index (χ2v) is 5.04. The van der Waals surface area contributed by atoms with Crippen molar-refractivity contribution < 1.29 is 13.2 Å². The lowest BCUT2D eigenvalue weighted by Gasteiger charge is -2.33. The summed E-state index contributed by atoms with van der Waals surface area (Å²) >= 11 is 1.17. The van der Waals surface area contributed by atoms with E-state index in [-0.39, 0.29) is 11.4 Å². The standard InChI is InChI=1S/C11H10F3N3OS/c1-6-3-7(10-15-8(16-18)5-19-10)4-17(2)9(6)11(12,13)14/h3-5,9H,1-2H3. The zero-order valence-electron chi connectivity index (χ0n) is 10.1. The first-order valence-corrected chi connectivity index (χ1v) is 6.19. The fourth-order valence-electron chi connectivity index (χ4n) is 2.02. The number of hydrogen-bond donors (Lipinski definition) is 0. The molecule has 1 aliphatic rings. The van der Waals surface area contributed by atoms with E-state index in [2.05, 4.69) is 10.2 Å². The molecule has 4 nitrogen and oxygen atoms in total. The minimum absolute atomic E-state index is 0.0348. The van der Waals surface area contributed by atoms with Crippen LogP contribution < -0.4 is 0 Å². The minimum atomic E-state index is -4.32. The number of likely N-dealkylation sites (N-methyl/N-ethyl adjacent to an activating group) is 1. The summed E-state index contributed by atoms with van der Waals surface area (Å²) in [6, 6.07) is -1.63. The largest absolute Gasteiger partial charge is 0.412 e. The predicted octanol–water partition coefficient (Wildman–Crippen LogP) is 3.70. The Kier molecular flexibility index (Phi) is 3.44. The van der Waals surface area contributed by atoms with Gasteiger partial charge in [0.25, 0.3) is 0 Å². The third-order valence-electron chi connectivity index (χ3n) is 2.71. The van der Waals surface area contributed by atoms with Crippen LogP contribution in [0.5, 0.6) is 0 Å². The van der Waals surface area contributed by atoms with Crippen LogP contribution in [0.15, 0.2) is 28.4 Å². The molecule has 0 N–H and O–H groups in total. The van der Waals surface area contributed by atoms with E-state index in [0.29, 0.717) is 10.6 Å². The molecule has 0 amide bonds. The Morgan fingerprint density at radius 3 is 2.63 bits per heavy atom. The van der Waals surface area contributed by atoms with Crippen LogP contribution in [0.2, 0.25) is 0 Å². The number of nitroso groups, excluding NO2 is 1. The minimum Gasteiger partial charge on any atom is -0.365 e. The Morgan fingerprint density at radius 2 is 2.16 bits per heavy atom. The highest BCUT2D eigenvalue weighted by molar-refractivity contribution is 7.11. The highest BCUT2D eigenvalue weighted by Gasteiger charge is 2.44. The van der Waals surface area contributed by atoms with Crippen molar-refractivity contribution >= 4 is 22.7 Å². The maximum absolute atomic E-state index is 12.8. The average Bonchev–Trinajstić information content (AvgIpc) is 2.74. The van der Waals surface area contributed by atoms with Crippen LogP contribution in [0.1, 0.15) is 11.9 Å². The van der Waals surface area contributed by atoms with Crippen LogP contribution in [0.3, 0.4) is 0 Å². The summed E-state index contributed by atoms with van der Waals surface area (Å²) in [6.45, 7) is 1.42. The lowest BCUT2D eigenvalue weighted by molar-refractivity contribution is -0.164. The van der Waals surface area contributed by atoms with Gasteiger partial charge in [-0.05, 0) is 23.7 Å². The van der Waals surface area contributed by atoms with Gasteiger partial charge in [-0.15, -0.1) is 16.2 Å². The van der Waals surface area contributed by atoms with Crippen molar-refractivity contribution in [1.29, 1.82) is 0 Å². The topological polar surface area (TPSA) is 45.6 Å². The van der Waals surface area contributed by atoms with E-state index in [1.54, 1.807) is 0 Å². The van der Waals surface area contributed by atoms with E-state index in [1.165, 1.54) is 43.0 Å². The van der Waals surface area contributed by atoms with E-state index in [0.717, 1.165) is 4.90 Å². The van der Waals surface area contributed by atoms with Crippen LogP contribution in [0.4, 0.5) is 19.0 Å². The van der Waals surface area contributed by atoms with Gasteiger partial charge in [0.15, 0.2) is 0 Å². The van der Waals surface area contributed by atoms with E-state index >= 15 is 0 Å². The lowest BCUT2D eigenvalue weighted by atomic mass is 10.0. The molecule has 1 aliphatic heterocycles. The van der Waals surface area contributed by atoms with Crippen molar-refractivity contribution in [2.75, 3.05) is 7.05 Å². The summed E-state index contributed by atoms with van der Waals surface area (Å²) in [5.74, 6) is 0.0348. The molecule has 0 spiro atoms. The summed E-state index contributed by atoms with van der Waals surface area (Å²) in [5.41, 5.74) is 0.726. The molecule has 2 heterocycles. The highest BCUT2D eigenvalue weighted by Crippen LogP contribution is 2.36. The van der Waals surface area contributed by atoms with Crippen LogP contribution >= 0.6 is 11.3 Å². The van der Waals surface area contributed by atoms with Crippen molar-refractivity contribution in [2.24, 2.45) is 5.18 Å². The van der Waals surface area contributed by atoms with Crippen molar-refractivity contribution in [3.05, 3.63) is 33.1 Å². The molecule has 1 atom stereocenters. The molecule has 1 aromatic heterocycles. The number of alkyl halides is 3. The zero-order chi connectivity index (χ0) is 14.2. The first-order chi connectivity index (χ1) is 8.82. The van der Waals surface area contributed by atoms with E-state index < -0.39 is 12.2 Å². The quantitative estimate of drug-likeness (QED) is 0.780. The predicted molar refractivity (Wildman–Crippen MR) is 66.9 cm³/mol. The van der Waals surface area contributed by atoms with Gasteiger partial charge in [0.1, 0.15) is 11.0 Å². The number of aromatic nitrogens is 1. The lowest BCUT2D eigenvalue weighted by Crippen LogP contribution is -2.43. The molecule has 2 rings (SSSR count). The molecule has 0 aliphatic carbocycles. The molecule has 1 unspecified atom stereocenters. The Morgan fingerprint density at radius 1 is 1.47 bits per heavy atom. The van der Waals surface area contributed by atoms with Crippen LogP contribution in [0.25, 0.3) is 5.57 Å². The summed E-state index contributed by atoms with van der Waals surface area (Å²) in [4.78, 5) is 15.3. The number of nitrogens with zero attached hydrogens (tertiary/aromatic N) is 3. The summed E-state index contributed by atoms with van der Waals surface area (Å²) < 4.78 is 38.5. The Bertz CT molecular complexity index is 562. The van der Waals surface area contributed by atoms with Gasteiger partial charge < -0.3 is 4.90 Å². The summed E-state index contributed by atoms with van der Waals surface area (Å²) in [5, 5.41) is 4.62. The first kappa shape index (κ1) is 13.7. The molecular formula is C11H10F3N3OS. The molecule has 0 bridgehead atoms. The highest BCUT2D eigenvalue weighted by atomic mass is 32.1. The number of allylic oxidation sites excluding steroid dienone is 2. The van der Waals surface area contributed by atoms with Gasteiger partial charge in [-0.1, -0.05) is 0 Å². The number of halogens is 3. The molecule has 0 fully saturated rings. The second kappa shape index (κ2) is 4.76. The van der Waals surface area contributed by atoms with Gasteiger partial charge in [0, 0.05) is 24.2 Å². The van der Waals surface area contributed by atoms with Crippen molar-refractivity contribution in [2.45, 2.75) is 19.1 Å². The third-order valence-corrected chi connectivity index (χ3v) is 3.59. The monoisotopic (exact) mass is 289 g/mol.